The maximum Gasteiger partial charge on any atom is 0.420 e. The van der Waals surface area contributed by atoms with Gasteiger partial charge >= 0.3 is 18.3 Å². The molecule has 0 aromatic heterocycles. The van der Waals surface area contributed by atoms with Crippen molar-refractivity contribution in [2.75, 3.05) is 0 Å². The number of hydrogen-bond acceptors (Lipinski definition) is 3. The van der Waals surface area contributed by atoms with E-state index in [1.54, 1.807) is 18.2 Å². The highest BCUT2D eigenvalue weighted by Gasteiger charge is 2.45. The number of hydrogen-bond donors (Lipinski definition) is 1. The number of aliphatic carboxylic acids is 1. The zero-order valence-electron chi connectivity index (χ0n) is 21.0. The Morgan fingerprint density at radius 2 is 1.58 bits per heavy atom. The maximum atomic E-state index is 14.2. The second-order valence-electron chi connectivity index (χ2n) is 11.1. The standard InChI is InChI=1S/C28H31F6NO3/c1-15(35-20-6-7-21(35)14-18(13-20)26(36)37)16-2-10-23-17(12-16)3-11-24(25(23)28(32,33)34)38-22-8-4-19(5-9-22)27(29,30)31/h2-3,10-12,15,18-22H,4-9,13-14H2,1H3,(H,36,37)/t15?,18?,19-,20?,21?,22+. The van der Waals surface area contributed by atoms with E-state index in [4.69, 9.17) is 4.74 Å². The molecule has 3 unspecified atom stereocenters. The predicted molar refractivity (Wildman–Crippen MR) is 129 cm³/mol. The highest BCUT2D eigenvalue weighted by atomic mass is 19.4. The number of nitrogens with zero attached hydrogens (tertiary/aromatic N) is 1. The van der Waals surface area contributed by atoms with Gasteiger partial charge in [-0.2, -0.15) is 26.3 Å². The molecule has 1 N–H and O–H groups in total. The van der Waals surface area contributed by atoms with Crippen LogP contribution < -0.4 is 4.74 Å². The van der Waals surface area contributed by atoms with Gasteiger partial charge in [0.2, 0.25) is 0 Å². The second-order valence-corrected chi connectivity index (χ2v) is 11.1. The first kappa shape index (κ1) is 27.1. The first-order valence-electron chi connectivity index (χ1n) is 13.2. The minimum absolute atomic E-state index is 0.0116. The zero-order valence-corrected chi connectivity index (χ0v) is 21.0. The molecule has 3 fully saturated rings. The van der Waals surface area contributed by atoms with Crippen LogP contribution in [0.1, 0.15) is 75.5 Å². The molecule has 2 aliphatic heterocycles. The van der Waals surface area contributed by atoms with Crippen molar-refractivity contribution in [3.05, 3.63) is 41.5 Å². The molecule has 0 amide bonds. The molecule has 10 heteroatoms. The number of carboxylic acid groups (broad SMARTS) is 1. The lowest BCUT2D eigenvalue weighted by Gasteiger charge is -2.41. The molecule has 38 heavy (non-hydrogen) atoms. The van der Waals surface area contributed by atoms with Gasteiger partial charge in [-0.3, -0.25) is 9.69 Å². The average Bonchev–Trinajstić information content (AvgIpc) is 3.10. The van der Waals surface area contributed by atoms with E-state index in [1.165, 1.54) is 12.1 Å². The van der Waals surface area contributed by atoms with Crippen molar-refractivity contribution in [3.8, 4) is 5.75 Å². The van der Waals surface area contributed by atoms with Gasteiger partial charge in [-0.15, -0.1) is 0 Å². The number of carbonyl (C=O) groups is 1. The topological polar surface area (TPSA) is 49.8 Å². The van der Waals surface area contributed by atoms with Crippen LogP contribution in [0, 0.1) is 11.8 Å². The van der Waals surface area contributed by atoms with Crippen molar-refractivity contribution in [3.63, 3.8) is 0 Å². The lowest BCUT2D eigenvalue weighted by Crippen LogP contribution is -2.45. The summed E-state index contributed by atoms with van der Waals surface area (Å²) in [6.07, 6.45) is -6.93. The third kappa shape index (κ3) is 5.20. The van der Waals surface area contributed by atoms with Crippen LogP contribution in [0.5, 0.6) is 5.75 Å². The van der Waals surface area contributed by atoms with Gasteiger partial charge in [-0.1, -0.05) is 18.2 Å². The number of alkyl halides is 6. The zero-order chi connectivity index (χ0) is 27.4. The molecule has 4 nitrogen and oxygen atoms in total. The number of piperidine rings is 1. The predicted octanol–water partition coefficient (Wildman–Crippen LogP) is 7.75. The summed E-state index contributed by atoms with van der Waals surface area (Å²) < 4.78 is 87.3. The van der Waals surface area contributed by atoms with Crippen LogP contribution in [0.4, 0.5) is 26.3 Å². The number of halogens is 6. The van der Waals surface area contributed by atoms with Gasteiger partial charge in [-0.05, 0) is 86.8 Å². The van der Waals surface area contributed by atoms with E-state index < -0.39 is 35.9 Å². The first-order chi connectivity index (χ1) is 17.8. The number of fused-ring (bicyclic) bond motifs is 3. The molecule has 2 bridgehead atoms. The Balaban J connectivity index is 1.39. The third-order valence-electron chi connectivity index (χ3n) is 8.79. The van der Waals surface area contributed by atoms with Crippen LogP contribution in [0.2, 0.25) is 0 Å². The second kappa shape index (κ2) is 9.92. The highest BCUT2D eigenvalue weighted by Crippen LogP contribution is 2.46. The van der Waals surface area contributed by atoms with Crippen molar-refractivity contribution in [2.24, 2.45) is 11.8 Å². The Labute approximate surface area is 216 Å². The lowest BCUT2D eigenvalue weighted by molar-refractivity contribution is -0.185. The van der Waals surface area contributed by atoms with E-state index in [2.05, 4.69) is 4.90 Å². The molecule has 5 rings (SSSR count). The van der Waals surface area contributed by atoms with Crippen molar-refractivity contribution >= 4 is 16.7 Å². The van der Waals surface area contributed by atoms with Crippen molar-refractivity contribution in [1.29, 1.82) is 0 Å². The number of rotatable bonds is 5. The van der Waals surface area contributed by atoms with Gasteiger partial charge in [0.05, 0.1) is 17.9 Å². The molecule has 2 saturated heterocycles. The smallest absolute Gasteiger partial charge is 0.420 e. The molecule has 1 saturated carbocycles. The van der Waals surface area contributed by atoms with Crippen LogP contribution >= 0.6 is 0 Å². The summed E-state index contributed by atoms with van der Waals surface area (Å²) in [7, 11) is 0. The molecule has 0 spiro atoms. The minimum atomic E-state index is -4.71. The van der Waals surface area contributed by atoms with Gasteiger partial charge in [0.15, 0.2) is 0 Å². The van der Waals surface area contributed by atoms with Crippen LogP contribution in [-0.4, -0.2) is 40.3 Å². The molecular formula is C28H31F6NO3. The fraction of sp³-hybridized carbons (Fsp3) is 0.607. The van der Waals surface area contributed by atoms with Crippen molar-refractivity contribution in [1.82, 2.24) is 4.90 Å². The highest BCUT2D eigenvalue weighted by molar-refractivity contribution is 5.89. The largest absolute Gasteiger partial charge is 0.490 e. The third-order valence-corrected chi connectivity index (χ3v) is 8.79. The molecule has 0 radical (unpaired) electrons. The molecule has 3 aliphatic rings. The summed E-state index contributed by atoms with van der Waals surface area (Å²) in [5, 5.41) is 9.85. The quantitative estimate of drug-likeness (QED) is 0.392. The van der Waals surface area contributed by atoms with Crippen LogP contribution in [0.15, 0.2) is 30.3 Å². The molecule has 2 heterocycles. The van der Waals surface area contributed by atoms with E-state index in [9.17, 15) is 36.2 Å². The minimum Gasteiger partial charge on any atom is -0.490 e. The summed E-state index contributed by atoms with van der Waals surface area (Å²) in [5.74, 6) is -2.92. The molecular weight excluding hydrogens is 512 g/mol. The summed E-state index contributed by atoms with van der Waals surface area (Å²) in [5.41, 5.74) is -0.0510. The average molecular weight is 544 g/mol. The van der Waals surface area contributed by atoms with E-state index in [0.717, 1.165) is 18.4 Å². The van der Waals surface area contributed by atoms with Crippen LogP contribution in [0.25, 0.3) is 10.8 Å². The summed E-state index contributed by atoms with van der Waals surface area (Å²) >= 11 is 0. The normalized spacial score (nSPS) is 29.4. The maximum absolute atomic E-state index is 14.2. The Morgan fingerprint density at radius 3 is 2.13 bits per heavy atom. The first-order valence-corrected chi connectivity index (χ1v) is 13.2. The SMILES string of the molecule is CC(c1ccc2c(C(F)(F)F)c(O[C@H]3CC[C@@H](C(F)(F)F)CC3)ccc2c1)N1C2CCC1CC(C(=O)O)C2. The Morgan fingerprint density at radius 1 is 0.947 bits per heavy atom. The molecule has 208 valence electrons. The lowest BCUT2D eigenvalue weighted by atomic mass is 9.87. The van der Waals surface area contributed by atoms with Gasteiger partial charge in [0.25, 0.3) is 0 Å². The molecule has 1 aliphatic carbocycles. The number of benzene rings is 2. The molecule has 3 atom stereocenters. The number of carboxylic acids is 1. The van der Waals surface area contributed by atoms with Crippen molar-refractivity contribution in [2.45, 2.75) is 94.9 Å². The van der Waals surface area contributed by atoms with E-state index >= 15 is 0 Å². The van der Waals surface area contributed by atoms with Crippen LogP contribution in [0.3, 0.4) is 0 Å². The van der Waals surface area contributed by atoms with Gasteiger partial charge in [0, 0.05) is 18.1 Å². The fourth-order valence-electron chi connectivity index (χ4n) is 6.89. The molecule has 2 aromatic carbocycles. The monoisotopic (exact) mass is 543 g/mol. The summed E-state index contributed by atoms with van der Waals surface area (Å²) in [6.45, 7) is 2.01. The Kier molecular flexibility index (Phi) is 7.07. The van der Waals surface area contributed by atoms with E-state index in [1.807, 2.05) is 6.92 Å². The van der Waals surface area contributed by atoms with Gasteiger partial charge < -0.3 is 9.84 Å². The fourth-order valence-corrected chi connectivity index (χ4v) is 6.89. The Hall–Kier alpha value is -2.49. The summed E-state index contributed by atoms with van der Waals surface area (Å²) in [6, 6.07) is 7.91. The summed E-state index contributed by atoms with van der Waals surface area (Å²) in [4.78, 5) is 13.8. The van der Waals surface area contributed by atoms with Gasteiger partial charge in [-0.25, -0.2) is 0 Å². The molecule has 2 aromatic rings. The van der Waals surface area contributed by atoms with Crippen molar-refractivity contribution < 1.29 is 41.0 Å². The number of ether oxygens (including phenoxy) is 1. The van der Waals surface area contributed by atoms with E-state index in [-0.39, 0.29) is 60.9 Å². The van der Waals surface area contributed by atoms with E-state index in [0.29, 0.717) is 18.2 Å². The van der Waals surface area contributed by atoms with Crippen LogP contribution in [-0.2, 0) is 11.0 Å². The van der Waals surface area contributed by atoms with Gasteiger partial charge in [0.1, 0.15) is 11.3 Å². The Bertz CT molecular complexity index is 1170.